The summed E-state index contributed by atoms with van der Waals surface area (Å²) in [5, 5.41) is 8.24. The fourth-order valence-electron chi connectivity index (χ4n) is 3.26. The molecule has 8 nitrogen and oxygen atoms in total. The lowest BCUT2D eigenvalue weighted by Gasteiger charge is -2.08. The lowest BCUT2D eigenvalue weighted by atomic mass is 10.2. The van der Waals surface area contributed by atoms with Crippen LogP contribution in [0.5, 0.6) is 11.5 Å². The Kier molecular flexibility index (Phi) is 4.74. The lowest BCUT2D eigenvalue weighted by molar-refractivity contribution is 0.303. The van der Waals surface area contributed by atoms with Crippen LogP contribution in [-0.4, -0.2) is 40.8 Å². The van der Waals surface area contributed by atoms with Gasteiger partial charge in [-0.25, -0.2) is 14.5 Å². The van der Waals surface area contributed by atoms with E-state index >= 15 is 0 Å². The molecule has 0 radical (unpaired) electrons. The van der Waals surface area contributed by atoms with Gasteiger partial charge in [-0.15, -0.1) is 11.3 Å². The number of benzene rings is 1. The van der Waals surface area contributed by atoms with Crippen LogP contribution in [-0.2, 0) is 6.61 Å². The molecule has 0 amide bonds. The van der Waals surface area contributed by atoms with Crippen LogP contribution in [0.1, 0.15) is 11.4 Å². The molecule has 0 saturated heterocycles. The van der Waals surface area contributed by atoms with Gasteiger partial charge in [0.05, 0.1) is 30.1 Å². The van der Waals surface area contributed by atoms with E-state index in [4.69, 9.17) is 13.9 Å². The molecule has 0 spiro atoms. The summed E-state index contributed by atoms with van der Waals surface area (Å²) in [5.74, 6) is 1.96. The van der Waals surface area contributed by atoms with Gasteiger partial charge >= 0.3 is 0 Å². The van der Waals surface area contributed by atoms with E-state index in [0.29, 0.717) is 35.1 Å². The second-order valence-electron chi connectivity index (χ2n) is 7.36. The molecule has 0 bridgehead atoms. The van der Waals surface area contributed by atoms with Crippen molar-refractivity contribution in [3.05, 3.63) is 53.3 Å². The molecular formula is C22H21N5O3S. The summed E-state index contributed by atoms with van der Waals surface area (Å²) in [6, 6.07) is 9.50. The van der Waals surface area contributed by atoms with Gasteiger partial charge in [-0.3, -0.25) is 0 Å². The highest BCUT2D eigenvalue weighted by Crippen LogP contribution is 2.37. The van der Waals surface area contributed by atoms with Crippen LogP contribution in [0, 0.1) is 6.92 Å². The number of furan rings is 1. The van der Waals surface area contributed by atoms with Crippen molar-refractivity contribution < 1.29 is 13.9 Å². The highest BCUT2D eigenvalue weighted by molar-refractivity contribution is 7.13. The Morgan fingerprint density at radius 2 is 2.03 bits per heavy atom. The lowest BCUT2D eigenvalue weighted by Crippen LogP contribution is -2.08. The molecule has 0 atom stereocenters. The minimum Gasteiger partial charge on any atom is -0.496 e. The zero-order valence-corrected chi connectivity index (χ0v) is 18.4. The first-order chi connectivity index (χ1) is 15.0. The molecule has 0 aliphatic rings. The molecule has 0 fully saturated rings. The third kappa shape index (κ3) is 3.68. The van der Waals surface area contributed by atoms with Crippen molar-refractivity contribution in [1.29, 1.82) is 0 Å². The van der Waals surface area contributed by atoms with Crippen LogP contribution in [0.25, 0.3) is 28.1 Å². The second kappa shape index (κ2) is 7.59. The maximum Gasteiger partial charge on any atom is 0.185 e. The number of ether oxygens (including phenoxy) is 2. The maximum atomic E-state index is 6.11. The molecule has 5 rings (SSSR count). The maximum absolute atomic E-state index is 6.11. The summed E-state index contributed by atoms with van der Waals surface area (Å²) in [5.41, 5.74) is 3.92. The number of aryl methyl sites for hydroxylation is 1. The van der Waals surface area contributed by atoms with Gasteiger partial charge in [-0.2, -0.15) is 5.10 Å². The minimum atomic E-state index is 0.352. The SMILES string of the molecule is COc1cc(OCc2csc(N(C)C)n2)c2cc(-c3cn4nc(C)ccc4n3)oc2c1. The number of fused-ring (bicyclic) bond motifs is 2. The molecule has 0 N–H and O–H groups in total. The van der Waals surface area contributed by atoms with Gasteiger partial charge in [0, 0.05) is 31.6 Å². The molecule has 5 aromatic rings. The van der Waals surface area contributed by atoms with Gasteiger partial charge in [0.25, 0.3) is 0 Å². The monoisotopic (exact) mass is 435 g/mol. The molecular weight excluding hydrogens is 414 g/mol. The standard InChI is InChI=1S/C22H21N5O3S/c1-13-5-6-21-24-17(10-27(21)25-13)20-9-16-18(7-15(28-4)8-19(16)30-20)29-11-14-12-31-22(23-14)26(2)3/h5-10,12H,11H2,1-4H3. The molecule has 0 aliphatic carbocycles. The van der Waals surface area contributed by atoms with Crippen molar-refractivity contribution in [1.82, 2.24) is 19.6 Å². The molecule has 0 saturated carbocycles. The van der Waals surface area contributed by atoms with Gasteiger partial charge < -0.3 is 18.8 Å². The van der Waals surface area contributed by atoms with Gasteiger partial charge in [0.15, 0.2) is 16.5 Å². The minimum absolute atomic E-state index is 0.352. The zero-order valence-electron chi connectivity index (χ0n) is 17.6. The first-order valence-corrected chi connectivity index (χ1v) is 10.6. The van der Waals surface area contributed by atoms with E-state index in [0.717, 1.165) is 27.6 Å². The normalized spacial score (nSPS) is 11.4. The summed E-state index contributed by atoms with van der Waals surface area (Å²) in [6.07, 6.45) is 1.86. The Labute approximate surface area is 182 Å². The van der Waals surface area contributed by atoms with E-state index in [-0.39, 0.29) is 0 Å². The van der Waals surface area contributed by atoms with Crippen molar-refractivity contribution in [2.24, 2.45) is 0 Å². The predicted octanol–water partition coefficient (Wildman–Crippen LogP) is 4.56. The van der Waals surface area contributed by atoms with Crippen LogP contribution in [0.4, 0.5) is 5.13 Å². The number of aromatic nitrogens is 4. The summed E-state index contributed by atoms with van der Waals surface area (Å²) in [4.78, 5) is 11.2. The molecule has 4 heterocycles. The first-order valence-electron chi connectivity index (χ1n) is 9.69. The van der Waals surface area contributed by atoms with Gasteiger partial charge in [0.1, 0.15) is 29.4 Å². The first kappa shape index (κ1) is 19.4. The Morgan fingerprint density at radius 1 is 1.16 bits per heavy atom. The third-order valence-electron chi connectivity index (χ3n) is 4.81. The van der Waals surface area contributed by atoms with Gasteiger partial charge in [0.2, 0.25) is 0 Å². The number of rotatable bonds is 6. The Balaban J connectivity index is 1.50. The number of nitrogens with zero attached hydrogens (tertiary/aromatic N) is 5. The van der Waals surface area contributed by atoms with E-state index in [1.54, 1.807) is 23.0 Å². The van der Waals surface area contributed by atoms with Crippen molar-refractivity contribution in [3.63, 3.8) is 0 Å². The highest BCUT2D eigenvalue weighted by Gasteiger charge is 2.16. The van der Waals surface area contributed by atoms with E-state index in [2.05, 4.69) is 15.1 Å². The van der Waals surface area contributed by atoms with Crippen molar-refractivity contribution >= 4 is 33.1 Å². The van der Waals surface area contributed by atoms with E-state index in [1.165, 1.54) is 0 Å². The summed E-state index contributed by atoms with van der Waals surface area (Å²) in [6.45, 7) is 2.30. The Hall–Kier alpha value is -3.59. The predicted molar refractivity (Wildman–Crippen MR) is 120 cm³/mol. The molecule has 0 aliphatic heterocycles. The average Bonchev–Trinajstić information content (AvgIpc) is 3.48. The summed E-state index contributed by atoms with van der Waals surface area (Å²) in [7, 11) is 5.56. The van der Waals surface area contributed by atoms with Crippen molar-refractivity contribution in [2.75, 3.05) is 26.1 Å². The molecule has 31 heavy (non-hydrogen) atoms. The van der Waals surface area contributed by atoms with Crippen LogP contribution in [0.3, 0.4) is 0 Å². The van der Waals surface area contributed by atoms with Crippen molar-refractivity contribution in [3.8, 4) is 23.0 Å². The van der Waals surface area contributed by atoms with Crippen molar-refractivity contribution in [2.45, 2.75) is 13.5 Å². The molecule has 0 unspecified atom stereocenters. The summed E-state index contributed by atoms with van der Waals surface area (Å²) >= 11 is 1.58. The van der Waals surface area contributed by atoms with Crippen LogP contribution < -0.4 is 14.4 Å². The van der Waals surface area contributed by atoms with E-state index in [9.17, 15) is 0 Å². The fourth-order valence-corrected chi connectivity index (χ4v) is 4.01. The number of thiazole rings is 1. The Bertz CT molecular complexity index is 1380. The van der Waals surface area contributed by atoms with Crippen LogP contribution in [0.2, 0.25) is 0 Å². The van der Waals surface area contributed by atoms with Crippen LogP contribution >= 0.6 is 11.3 Å². The number of imidazole rings is 1. The molecule has 1 aromatic carbocycles. The second-order valence-corrected chi connectivity index (χ2v) is 8.19. The van der Waals surface area contributed by atoms with Crippen LogP contribution in [0.15, 0.2) is 46.3 Å². The number of hydrogen-bond donors (Lipinski definition) is 0. The molecule has 9 heteroatoms. The fraction of sp³-hybridized carbons (Fsp3) is 0.227. The largest absolute Gasteiger partial charge is 0.496 e. The summed E-state index contributed by atoms with van der Waals surface area (Å²) < 4.78 is 19.4. The smallest absolute Gasteiger partial charge is 0.185 e. The quantitative estimate of drug-likeness (QED) is 0.387. The van der Waals surface area contributed by atoms with Gasteiger partial charge in [-0.05, 0) is 25.1 Å². The molecule has 4 aromatic heterocycles. The number of anilines is 1. The molecule has 158 valence electrons. The van der Waals surface area contributed by atoms with E-state index in [1.807, 2.05) is 67.8 Å². The zero-order chi connectivity index (χ0) is 21.5. The number of hydrogen-bond acceptors (Lipinski definition) is 8. The Morgan fingerprint density at radius 3 is 2.81 bits per heavy atom. The number of methoxy groups -OCH3 is 1. The third-order valence-corrected chi connectivity index (χ3v) is 5.87. The topological polar surface area (TPSA) is 77.9 Å². The highest BCUT2D eigenvalue weighted by atomic mass is 32.1. The van der Waals surface area contributed by atoms with Gasteiger partial charge in [-0.1, -0.05) is 0 Å². The average molecular weight is 436 g/mol. The van der Waals surface area contributed by atoms with E-state index < -0.39 is 0 Å².